The third-order valence-electron chi connectivity index (χ3n) is 4.42. The molecule has 0 aromatic heterocycles. The molecule has 1 unspecified atom stereocenters. The Morgan fingerprint density at radius 3 is 2.68 bits per heavy atom. The molecular formula is C16H21NO2. The highest BCUT2D eigenvalue weighted by atomic mass is 16.5. The molecule has 3 rings (SSSR count). The summed E-state index contributed by atoms with van der Waals surface area (Å²) in [6.45, 7) is 3.95. The number of methoxy groups -OCH3 is 1. The lowest BCUT2D eigenvalue weighted by Crippen LogP contribution is -2.48. The van der Waals surface area contributed by atoms with E-state index >= 15 is 0 Å². The molecule has 0 N–H and O–H groups in total. The lowest BCUT2D eigenvalue weighted by molar-refractivity contribution is -0.117. The highest BCUT2D eigenvalue weighted by Gasteiger charge is 2.43. The molecule has 3 heteroatoms. The minimum absolute atomic E-state index is 0.151. The van der Waals surface area contributed by atoms with Crippen LogP contribution in [0.5, 0.6) is 5.75 Å². The van der Waals surface area contributed by atoms with E-state index in [4.69, 9.17) is 4.74 Å². The summed E-state index contributed by atoms with van der Waals surface area (Å²) in [7, 11) is 1.67. The van der Waals surface area contributed by atoms with E-state index in [1.165, 1.54) is 18.4 Å². The molecule has 2 atom stereocenters. The Hall–Kier alpha value is -1.51. The number of hydrogen-bond donors (Lipinski definition) is 0. The van der Waals surface area contributed by atoms with Crippen molar-refractivity contribution in [2.45, 2.75) is 39.2 Å². The van der Waals surface area contributed by atoms with Gasteiger partial charge in [0.2, 0.25) is 5.91 Å². The molecule has 0 spiro atoms. The van der Waals surface area contributed by atoms with Gasteiger partial charge in [0.1, 0.15) is 5.75 Å². The first-order valence-electron chi connectivity index (χ1n) is 7.08. The molecule has 0 bridgehead atoms. The standard InChI is InChI=1S/C16H21NO2/c1-10-8-13-6-7-14(19-3)9-15(13)17(11(2)18)16(10)12-4-5-12/h6-7,9-10,12,16H,4-5,8H2,1-3H3/t10?,16-/m1/s1. The summed E-state index contributed by atoms with van der Waals surface area (Å²) in [5.74, 6) is 2.21. The lowest BCUT2D eigenvalue weighted by Gasteiger charge is -2.41. The van der Waals surface area contributed by atoms with E-state index in [2.05, 4.69) is 13.0 Å². The minimum atomic E-state index is 0.151. The van der Waals surface area contributed by atoms with Gasteiger partial charge in [-0.1, -0.05) is 13.0 Å². The molecule has 0 saturated heterocycles. The van der Waals surface area contributed by atoms with Crippen LogP contribution in [0, 0.1) is 11.8 Å². The molecule has 0 radical (unpaired) electrons. The van der Waals surface area contributed by atoms with Crippen LogP contribution in [0.15, 0.2) is 18.2 Å². The number of amides is 1. The van der Waals surface area contributed by atoms with Crippen molar-refractivity contribution < 1.29 is 9.53 Å². The quantitative estimate of drug-likeness (QED) is 0.817. The summed E-state index contributed by atoms with van der Waals surface area (Å²) < 4.78 is 5.31. The highest BCUT2D eigenvalue weighted by Crippen LogP contribution is 2.45. The Labute approximate surface area is 114 Å². The normalized spacial score (nSPS) is 25.9. The third kappa shape index (κ3) is 2.11. The maximum absolute atomic E-state index is 12.1. The van der Waals surface area contributed by atoms with Crippen LogP contribution in [0.4, 0.5) is 5.69 Å². The number of carbonyl (C=O) groups is 1. The summed E-state index contributed by atoms with van der Waals surface area (Å²) in [5, 5.41) is 0. The fourth-order valence-corrected chi connectivity index (χ4v) is 3.44. The van der Waals surface area contributed by atoms with E-state index in [9.17, 15) is 4.79 Å². The first-order valence-corrected chi connectivity index (χ1v) is 7.08. The van der Waals surface area contributed by atoms with Crippen LogP contribution in [0.25, 0.3) is 0 Å². The van der Waals surface area contributed by atoms with E-state index in [0.29, 0.717) is 17.9 Å². The molecule has 1 amide bonds. The monoisotopic (exact) mass is 259 g/mol. The van der Waals surface area contributed by atoms with Crippen molar-refractivity contribution >= 4 is 11.6 Å². The van der Waals surface area contributed by atoms with Crippen LogP contribution in [0.1, 0.15) is 32.3 Å². The van der Waals surface area contributed by atoms with Gasteiger partial charge < -0.3 is 9.64 Å². The van der Waals surface area contributed by atoms with Gasteiger partial charge in [0, 0.05) is 19.0 Å². The predicted octanol–water partition coefficient (Wildman–Crippen LogP) is 3.02. The van der Waals surface area contributed by atoms with E-state index in [-0.39, 0.29) is 5.91 Å². The average molecular weight is 259 g/mol. The second kappa shape index (κ2) is 4.55. The van der Waals surface area contributed by atoms with Gasteiger partial charge in [-0.15, -0.1) is 0 Å². The molecule has 102 valence electrons. The van der Waals surface area contributed by atoms with Crippen molar-refractivity contribution in [1.82, 2.24) is 0 Å². The molecule has 1 aliphatic carbocycles. The Morgan fingerprint density at radius 1 is 1.37 bits per heavy atom. The van der Waals surface area contributed by atoms with Crippen molar-refractivity contribution in [1.29, 1.82) is 0 Å². The van der Waals surface area contributed by atoms with Crippen LogP contribution in [0.3, 0.4) is 0 Å². The molecule has 2 aliphatic rings. The van der Waals surface area contributed by atoms with Gasteiger partial charge in [0.25, 0.3) is 0 Å². The van der Waals surface area contributed by atoms with Gasteiger partial charge in [-0.3, -0.25) is 4.79 Å². The number of benzene rings is 1. The fourth-order valence-electron chi connectivity index (χ4n) is 3.44. The van der Waals surface area contributed by atoms with Crippen LogP contribution in [-0.2, 0) is 11.2 Å². The van der Waals surface area contributed by atoms with Crippen molar-refractivity contribution in [3.05, 3.63) is 23.8 Å². The van der Waals surface area contributed by atoms with Crippen molar-refractivity contribution in [3.8, 4) is 5.75 Å². The first kappa shape index (κ1) is 12.5. The molecule has 1 heterocycles. The molecule has 1 saturated carbocycles. The zero-order valence-corrected chi connectivity index (χ0v) is 11.8. The summed E-state index contributed by atoms with van der Waals surface area (Å²) in [6.07, 6.45) is 3.58. The topological polar surface area (TPSA) is 29.5 Å². The second-order valence-corrected chi connectivity index (χ2v) is 5.89. The van der Waals surface area contributed by atoms with Crippen molar-refractivity contribution in [2.24, 2.45) is 11.8 Å². The Bertz CT molecular complexity index is 507. The number of hydrogen-bond acceptors (Lipinski definition) is 2. The molecular weight excluding hydrogens is 238 g/mol. The number of ether oxygens (including phenoxy) is 1. The second-order valence-electron chi connectivity index (χ2n) is 5.89. The van der Waals surface area contributed by atoms with E-state index in [0.717, 1.165) is 17.9 Å². The van der Waals surface area contributed by atoms with Crippen LogP contribution >= 0.6 is 0 Å². The van der Waals surface area contributed by atoms with Gasteiger partial charge in [0.15, 0.2) is 0 Å². The number of fused-ring (bicyclic) bond motifs is 1. The maximum atomic E-state index is 12.1. The SMILES string of the molecule is COc1ccc2c(c1)N(C(C)=O)[C@@H](C1CC1)C(C)C2. The third-order valence-corrected chi connectivity index (χ3v) is 4.42. The Balaban J connectivity index is 2.06. The zero-order chi connectivity index (χ0) is 13.6. The van der Waals surface area contributed by atoms with Gasteiger partial charge in [-0.2, -0.15) is 0 Å². The molecule has 19 heavy (non-hydrogen) atoms. The molecule has 1 aromatic carbocycles. The summed E-state index contributed by atoms with van der Waals surface area (Å²) in [6, 6.07) is 6.47. The van der Waals surface area contributed by atoms with Gasteiger partial charge in [-0.25, -0.2) is 0 Å². The largest absolute Gasteiger partial charge is 0.497 e. The van der Waals surface area contributed by atoms with E-state index < -0.39 is 0 Å². The summed E-state index contributed by atoms with van der Waals surface area (Å²) >= 11 is 0. The van der Waals surface area contributed by atoms with E-state index in [1.807, 2.05) is 17.0 Å². The summed E-state index contributed by atoms with van der Waals surface area (Å²) in [4.78, 5) is 14.2. The predicted molar refractivity (Wildman–Crippen MR) is 75.5 cm³/mol. The van der Waals surface area contributed by atoms with Crippen LogP contribution in [0.2, 0.25) is 0 Å². The molecule has 3 nitrogen and oxygen atoms in total. The van der Waals surface area contributed by atoms with Crippen LogP contribution < -0.4 is 9.64 Å². The smallest absolute Gasteiger partial charge is 0.224 e. The Morgan fingerprint density at radius 2 is 2.11 bits per heavy atom. The Kier molecular flexibility index (Phi) is 3.00. The summed E-state index contributed by atoms with van der Waals surface area (Å²) in [5.41, 5.74) is 2.32. The number of nitrogens with zero attached hydrogens (tertiary/aromatic N) is 1. The van der Waals surface area contributed by atoms with E-state index in [1.54, 1.807) is 14.0 Å². The molecule has 1 fully saturated rings. The number of carbonyl (C=O) groups excluding carboxylic acids is 1. The van der Waals surface area contributed by atoms with Gasteiger partial charge in [-0.05, 0) is 42.7 Å². The lowest BCUT2D eigenvalue weighted by atomic mass is 9.84. The maximum Gasteiger partial charge on any atom is 0.224 e. The van der Waals surface area contributed by atoms with Crippen LogP contribution in [-0.4, -0.2) is 19.1 Å². The molecule has 1 aliphatic heterocycles. The van der Waals surface area contributed by atoms with Crippen molar-refractivity contribution in [3.63, 3.8) is 0 Å². The minimum Gasteiger partial charge on any atom is -0.497 e. The van der Waals surface area contributed by atoms with Gasteiger partial charge >= 0.3 is 0 Å². The van der Waals surface area contributed by atoms with Gasteiger partial charge in [0.05, 0.1) is 12.8 Å². The first-order chi connectivity index (χ1) is 9.11. The molecule has 1 aromatic rings. The zero-order valence-electron chi connectivity index (χ0n) is 11.8. The average Bonchev–Trinajstić information content (AvgIpc) is 3.20. The number of rotatable bonds is 2. The van der Waals surface area contributed by atoms with Crippen molar-refractivity contribution in [2.75, 3.05) is 12.0 Å². The highest BCUT2D eigenvalue weighted by molar-refractivity contribution is 5.94. The number of anilines is 1. The fraction of sp³-hybridized carbons (Fsp3) is 0.562.